The molecule has 0 aliphatic heterocycles. The van der Waals surface area contributed by atoms with Gasteiger partial charge < -0.3 is 8.85 Å². The van der Waals surface area contributed by atoms with Crippen molar-refractivity contribution in [1.29, 1.82) is 0 Å². The molecule has 0 unspecified atom stereocenters. The molecule has 0 aromatic rings. The SMILES string of the molecule is CCCCCCN[Si](NCCCCCC)(OC)OC. The smallest absolute Gasteiger partial charge is 0.374 e. The third-order valence-electron chi connectivity index (χ3n) is 3.35. The topological polar surface area (TPSA) is 42.5 Å². The lowest BCUT2D eigenvalue weighted by Crippen LogP contribution is -2.66. The molecule has 0 spiro atoms. The highest BCUT2D eigenvalue weighted by molar-refractivity contribution is 6.62. The van der Waals surface area contributed by atoms with E-state index in [2.05, 4.69) is 23.8 Å². The van der Waals surface area contributed by atoms with Crippen molar-refractivity contribution in [1.82, 2.24) is 9.96 Å². The molecule has 2 N–H and O–H groups in total. The van der Waals surface area contributed by atoms with Crippen LogP contribution < -0.4 is 9.96 Å². The molecule has 0 rings (SSSR count). The fraction of sp³-hybridized carbons (Fsp3) is 1.00. The van der Waals surface area contributed by atoms with Crippen molar-refractivity contribution in [3.63, 3.8) is 0 Å². The van der Waals surface area contributed by atoms with Gasteiger partial charge in [0.05, 0.1) is 0 Å². The maximum atomic E-state index is 5.59. The molecule has 0 heterocycles. The van der Waals surface area contributed by atoms with Crippen LogP contribution in [-0.2, 0) is 8.85 Å². The van der Waals surface area contributed by atoms with Gasteiger partial charge in [-0.3, -0.25) is 9.96 Å². The Balaban J connectivity index is 3.83. The van der Waals surface area contributed by atoms with E-state index in [4.69, 9.17) is 8.85 Å². The van der Waals surface area contributed by atoms with E-state index in [1.165, 1.54) is 51.4 Å². The Hall–Kier alpha value is 0.0569. The number of hydrogen-bond acceptors (Lipinski definition) is 4. The van der Waals surface area contributed by atoms with E-state index in [1.54, 1.807) is 14.2 Å². The first-order chi connectivity index (χ1) is 9.24. The summed E-state index contributed by atoms with van der Waals surface area (Å²) in [4.78, 5) is 6.93. The summed E-state index contributed by atoms with van der Waals surface area (Å²) in [6, 6.07) is 0. The zero-order valence-corrected chi connectivity index (χ0v) is 14.4. The van der Waals surface area contributed by atoms with Crippen molar-refractivity contribution >= 4 is 8.88 Å². The minimum absolute atomic E-state index is 0.968. The average Bonchev–Trinajstić information content (AvgIpc) is 2.45. The Labute approximate surface area is 121 Å². The van der Waals surface area contributed by atoms with E-state index in [9.17, 15) is 0 Å². The van der Waals surface area contributed by atoms with Crippen molar-refractivity contribution < 1.29 is 8.85 Å². The van der Waals surface area contributed by atoms with E-state index >= 15 is 0 Å². The third kappa shape index (κ3) is 9.57. The van der Waals surface area contributed by atoms with Crippen molar-refractivity contribution in [2.24, 2.45) is 0 Å². The molecule has 116 valence electrons. The van der Waals surface area contributed by atoms with Crippen LogP contribution in [0.3, 0.4) is 0 Å². The van der Waals surface area contributed by atoms with Gasteiger partial charge in [-0.2, -0.15) is 0 Å². The Morgan fingerprint density at radius 3 is 1.42 bits per heavy atom. The van der Waals surface area contributed by atoms with Gasteiger partial charge in [0.1, 0.15) is 0 Å². The van der Waals surface area contributed by atoms with Crippen LogP contribution in [0.2, 0.25) is 0 Å². The molecule has 5 heteroatoms. The van der Waals surface area contributed by atoms with Gasteiger partial charge in [-0.15, -0.1) is 0 Å². The van der Waals surface area contributed by atoms with Crippen molar-refractivity contribution in [3.05, 3.63) is 0 Å². The molecule has 0 atom stereocenters. The maximum Gasteiger partial charge on any atom is 0.516 e. The normalized spacial score (nSPS) is 12.0. The highest BCUT2D eigenvalue weighted by Crippen LogP contribution is 2.02. The lowest BCUT2D eigenvalue weighted by molar-refractivity contribution is 0.212. The van der Waals surface area contributed by atoms with Crippen LogP contribution in [0.4, 0.5) is 0 Å². The van der Waals surface area contributed by atoms with Crippen LogP contribution in [0.5, 0.6) is 0 Å². The molecule has 0 aliphatic rings. The lowest BCUT2D eigenvalue weighted by atomic mass is 10.2. The zero-order chi connectivity index (χ0) is 14.4. The van der Waals surface area contributed by atoms with Crippen molar-refractivity contribution in [3.8, 4) is 0 Å². The van der Waals surface area contributed by atoms with E-state index < -0.39 is 8.88 Å². The molecule has 0 fully saturated rings. The Morgan fingerprint density at radius 1 is 0.684 bits per heavy atom. The molecular formula is C14H34N2O2Si. The van der Waals surface area contributed by atoms with Gasteiger partial charge in [-0.25, -0.2) is 0 Å². The lowest BCUT2D eigenvalue weighted by Gasteiger charge is -2.28. The van der Waals surface area contributed by atoms with Crippen molar-refractivity contribution in [2.75, 3.05) is 27.3 Å². The summed E-state index contributed by atoms with van der Waals surface area (Å²) in [5.41, 5.74) is 0. The number of nitrogens with one attached hydrogen (secondary N) is 2. The summed E-state index contributed by atoms with van der Waals surface area (Å²) in [6.45, 7) is 6.40. The van der Waals surface area contributed by atoms with E-state index in [1.807, 2.05) is 0 Å². The molecule has 0 aromatic carbocycles. The molecule has 0 aromatic heterocycles. The average molecular weight is 291 g/mol. The first-order valence-electron chi connectivity index (χ1n) is 7.85. The Bertz CT molecular complexity index is 174. The van der Waals surface area contributed by atoms with Crippen LogP contribution in [-0.4, -0.2) is 36.2 Å². The predicted octanol–water partition coefficient (Wildman–Crippen LogP) is 3.05. The second kappa shape index (κ2) is 13.1. The first-order valence-corrected chi connectivity index (χ1v) is 9.66. The highest BCUT2D eigenvalue weighted by atomic mass is 28.4. The van der Waals surface area contributed by atoms with Crippen LogP contribution >= 0.6 is 0 Å². The highest BCUT2D eigenvalue weighted by Gasteiger charge is 2.36. The monoisotopic (exact) mass is 290 g/mol. The maximum absolute atomic E-state index is 5.59. The molecular weight excluding hydrogens is 256 g/mol. The molecule has 0 radical (unpaired) electrons. The van der Waals surface area contributed by atoms with Crippen LogP contribution in [0.25, 0.3) is 0 Å². The minimum atomic E-state index is -2.36. The summed E-state index contributed by atoms with van der Waals surface area (Å²) < 4.78 is 11.2. The van der Waals surface area contributed by atoms with Gasteiger partial charge in [-0.05, 0) is 25.9 Å². The van der Waals surface area contributed by atoms with Crippen LogP contribution in [0.15, 0.2) is 0 Å². The first kappa shape index (κ1) is 19.1. The summed E-state index contributed by atoms with van der Waals surface area (Å²) in [6.07, 6.45) is 10.1. The number of rotatable bonds is 14. The molecule has 0 aliphatic carbocycles. The summed E-state index contributed by atoms with van der Waals surface area (Å²) in [5.74, 6) is 0. The molecule has 19 heavy (non-hydrogen) atoms. The molecule has 0 saturated carbocycles. The Morgan fingerprint density at radius 2 is 1.11 bits per heavy atom. The molecule has 4 nitrogen and oxygen atoms in total. The minimum Gasteiger partial charge on any atom is -0.374 e. The number of hydrogen-bond donors (Lipinski definition) is 2. The molecule has 0 amide bonds. The largest absolute Gasteiger partial charge is 0.516 e. The fourth-order valence-electron chi connectivity index (χ4n) is 2.04. The predicted molar refractivity (Wildman–Crippen MR) is 84.1 cm³/mol. The fourth-order valence-corrected chi connectivity index (χ4v) is 3.92. The van der Waals surface area contributed by atoms with Gasteiger partial charge in [0, 0.05) is 14.2 Å². The summed E-state index contributed by atoms with van der Waals surface area (Å²) >= 11 is 0. The molecule has 0 saturated heterocycles. The van der Waals surface area contributed by atoms with E-state index in [0.717, 1.165) is 13.1 Å². The quantitative estimate of drug-likeness (QED) is 0.381. The van der Waals surface area contributed by atoms with Crippen LogP contribution in [0.1, 0.15) is 65.2 Å². The third-order valence-corrected chi connectivity index (χ3v) is 5.93. The van der Waals surface area contributed by atoms with E-state index in [-0.39, 0.29) is 0 Å². The summed E-state index contributed by atoms with van der Waals surface area (Å²) in [7, 11) is 1.10. The van der Waals surface area contributed by atoms with E-state index in [0.29, 0.717) is 0 Å². The second-order valence-corrected chi connectivity index (χ2v) is 7.76. The van der Waals surface area contributed by atoms with Crippen LogP contribution in [0, 0.1) is 0 Å². The second-order valence-electron chi connectivity index (χ2n) is 5.00. The zero-order valence-electron chi connectivity index (χ0n) is 13.4. The standard InChI is InChI=1S/C14H34N2O2Si/c1-5-7-9-11-13-15-19(17-3,18-4)16-14-12-10-8-6-2/h15-16H,5-14H2,1-4H3. The Kier molecular flexibility index (Phi) is 13.1. The van der Waals surface area contributed by atoms with Gasteiger partial charge in [-0.1, -0.05) is 52.4 Å². The van der Waals surface area contributed by atoms with Gasteiger partial charge in [0.15, 0.2) is 0 Å². The summed E-state index contributed by atoms with van der Waals surface area (Å²) in [5, 5.41) is 0. The molecule has 0 bridgehead atoms. The van der Waals surface area contributed by atoms with Gasteiger partial charge in [0.2, 0.25) is 0 Å². The van der Waals surface area contributed by atoms with Gasteiger partial charge in [0.25, 0.3) is 0 Å². The van der Waals surface area contributed by atoms with Crippen molar-refractivity contribution in [2.45, 2.75) is 65.2 Å². The van der Waals surface area contributed by atoms with Gasteiger partial charge >= 0.3 is 8.88 Å². The number of unbranched alkanes of at least 4 members (excludes halogenated alkanes) is 6.